The van der Waals surface area contributed by atoms with E-state index in [4.69, 9.17) is 22.3 Å². The van der Waals surface area contributed by atoms with E-state index >= 15 is 0 Å². The van der Waals surface area contributed by atoms with Crippen molar-refractivity contribution < 1.29 is 34.2 Å². The summed E-state index contributed by atoms with van der Waals surface area (Å²) >= 11 is 0. The number of carboxylic acid groups (broad SMARTS) is 2. The van der Waals surface area contributed by atoms with Crippen molar-refractivity contribution in [2.75, 3.05) is 6.54 Å². The van der Waals surface area contributed by atoms with E-state index in [2.05, 4.69) is 20.9 Å². The number of carbonyl (C=O) groups excluding carboxylic acids is 3. The quantitative estimate of drug-likeness (QED) is 0.0664. The molecule has 0 saturated carbocycles. The van der Waals surface area contributed by atoms with E-state index in [0.717, 1.165) is 0 Å². The Bertz CT molecular complexity index is 754. The van der Waals surface area contributed by atoms with Crippen molar-refractivity contribution in [3.63, 3.8) is 0 Å². The summed E-state index contributed by atoms with van der Waals surface area (Å²) in [7, 11) is 0. The number of nitrogens with one attached hydrogen (secondary N) is 3. The lowest BCUT2D eigenvalue weighted by molar-refractivity contribution is -0.144. The molecule has 0 aromatic carbocycles. The molecule has 14 nitrogen and oxygen atoms in total. The molecule has 0 bridgehead atoms. The van der Waals surface area contributed by atoms with E-state index in [9.17, 15) is 29.1 Å². The van der Waals surface area contributed by atoms with Crippen molar-refractivity contribution in [3.05, 3.63) is 0 Å². The number of nitrogens with two attached hydrogens (primary N) is 3. The van der Waals surface area contributed by atoms with Crippen molar-refractivity contribution in [1.82, 2.24) is 16.0 Å². The predicted octanol–water partition coefficient (Wildman–Crippen LogP) is -2.16. The van der Waals surface area contributed by atoms with Crippen LogP contribution in [0, 0.1) is 5.92 Å². The smallest absolute Gasteiger partial charge is 0.326 e. The second-order valence-corrected chi connectivity index (χ2v) is 8.00. The van der Waals surface area contributed by atoms with Gasteiger partial charge in [0.15, 0.2) is 5.96 Å². The van der Waals surface area contributed by atoms with Crippen LogP contribution in [0.4, 0.5) is 0 Å². The molecule has 0 rings (SSSR count). The zero-order valence-electron chi connectivity index (χ0n) is 19.7. The molecule has 34 heavy (non-hydrogen) atoms. The molecule has 0 saturated heterocycles. The maximum Gasteiger partial charge on any atom is 0.326 e. The Morgan fingerprint density at radius 1 is 0.882 bits per heavy atom. The highest BCUT2D eigenvalue weighted by molar-refractivity contribution is 5.94. The lowest BCUT2D eigenvalue weighted by Crippen LogP contribution is -2.57. The maximum absolute atomic E-state index is 12.9. The summed E-state index contributed by atoms with van der Waals surface area (Å²) in [6, 6.07) is -4.60. The fourth-order valence-corrected chi connectivity index (χ4v) is 2.82. The molecule has 0 aliphatic rings. The van der Waals surface area contributed by atoms with Gasteiger partial charge in [0.25, 0.3) is 0 Å². The third-order valence-electron chi connectivity index (χ3n) is 5.05. The molecule has 0 aliphatic heterocycles. The molecular weight excluding hydrogens is 450 g/mol. The molecule has 0 aromatic heterocycles. The minimum Gasteiger partial charge on any atom is -0.481 e. The van der Waals surface area contributed by atoms with Gasteiger partial charge in [-0.15, -0.1) is 0 Å². The van der Waals surface area contributed by atoms with Crippen LogP contribution in [-0.2, 0) is 24.0 Å². The Morgan fingerprint density at radius 3 is 1.88 bits per heavy atom. The van der Waals surface area contributed by atoms with Crippen LogP contribution in [0.1, 0.15) is 52.9 Å². The molecule has 14 heteroatoms. The number of amides is 3. The molecule has 0 aromatic rings. The highest BCUT2D eigenvalue weighted by atomic mass is 16.4. The topological polar surface area (TPSA) is 252 Å². The first kappa shape index (κ1) is 30.6. The zero-order chi connectivity index (χ0) is 26.4. The normalized spacial score (nSPS) is 15.1. The molecular formula is C20H37N7O7. The van der Waals surface area contributed by atoms with Gasteiger partial charge >= 0.3 is 11.9 Å². The van der Waals surface area contributed by atoms with Crippen molar-refractivity contribution in [3.8, 4) is 0 Å². The van der Waals surface area contributed by atoms with Gasteiger partial charge in [0, 0.05) is 13.0 Å². The summed E-state index contributed by atoms with van der Waals surface area (Å²) in [5.74, 6) is -5.24. The van der Waals surface area contributed by atoms with Gasteiger partial charge in [-0.25, -0.2) is 4.79 Å². The van der Waals surface area contributed by atoms with E-state index in [-0.39, 0.29) is 25.3 Å². The summed E-state index contributed by atoms with van der Waals surface area (Å²) in [6.07, 6.45) is 0.113. The monoisotopic (exact) mass is 487 g/mol. The number of hydrogen-bond donors (Lipinski definition) is 8. The van der Waals surface area contributed by atoms with Crippen LogP contribution < -0.4 is 33.2 Å². The van der Waals surface area contributed by atoms with Crippen molar-refractivity contribution in [1.29, 1.82) is 0 Å². The maximum atomic E-state index is 12.9. The minimum atomic E-state index is -1.35. The first-order valence-corrected chi connectivity index (χ1v) is 11.0. The summed E-state index contributed by atoms with van der Waals surface area (Å²) in [6.45, 7) is 5.00. The summed E-state index contributed by atoms with van der Waals surface area (Å²) in [5, 5.41) is 25.7. The van der Waals surface area contributed by atoms with Crippen LogP contribution in [0.25, 0.3) is 0 Å². The predicted molar refractivity (Wildman–Crippen MR) is 123 cm³/mol. The lowest BCUT2D eigenvalue weighted by Gasteiger charge is -2.26. The molecule has 0 heterocycles. The van der Waals surface area contributed by atoms with Gasteiger partial charge in [-0.3, -0.25) is 24.2 Å². The first-order chi connectivity index (χ1) is 15.8. The Labute approximate surface area is 198 Å². The second kappa shape index (κ2) is 15.4. The van der Waals surface area contributed by atoms with E-state index in [1.54, 1.807) is 13.8 Å². The SMILES string of the molecule is CCC(C)C(NC(=O)C(CCC(=O)O)NC(=O)C(CCCN=C(N)N)NC(=O)C(C)N)C(=O)O. The van der Waals surface area contributed by atoms with Crippen molar-refractivity contribution in [2.24, 2.45) is 28.1 Å². The third kappa shape index (κ3) is 12.0. The zero-order valence-corrected chi connectivity index (χ0v) is 19.7. The first-order valence-electron chi connectivity index (χ1n) is 11.0. The second-order valence-electron chi connectivity index (χ2n) is 8.00. The molecule has 194 valence electrons. The average Bonchev–Trinajstić information content (AvgIpc) is 2.75. The largest absolute Gasteiger partial charge is 0.481 e. The number of hydrogen-bond acceptors (Lipinski definition) is 7. The lowest BCUT2D eigenvalue weighted by atomic mass is 9.98. The number of carboxylic acids is 2. The van der Waals surface area contributed by atoms with Gasteiger partial charge in [-0.1, -0.05) is 20.3 Å². The number of aliphatic carboxylic acids is 2. The Hall–Kier alpha value is -3.42. The summed E-state index contributed by atoms with van der Waals surface area (Å²) < 4.78 is 0. The molecule has 5 atom stereocenters. The van der Waals surface area contributed by atoms with Crippen LogP contribution in [0.2, 0.25) is 0 Å². The molecule has 0 radical (unpaired) electrons. The number of nitrogens with zero attached hydrogens (tertiary/aromatic N) is 1. The van der Waals surface area contributed by atoms with E-state index < -0.39 is 66.2 Å². The van der Waals surface area contributed by atoms with Crippen LogP contribution in [0.5, 0.6) is 0 Å². The van der Waals surface area contributed by atoms with Crippen LogP contribution in [0.3, 0.4) is 0 Å². The number of guanidine groups is 1. The standard InChI is InChI=1S/C20H37N7O7/c1-4-10(2)15(19(33)34)27-18(32)13(7-8-14(28)29)26-17(31)12(25-16(30)11(3)21)6-5-9-24-20(22)23/h10-13,15H,4-9,21H2,1-3H3,(H,25,30)(H,26,31)(H,27,32)(H,28,29)(H,33,34)(H4,22,23,24). The number of rotatable bonds is 16. The van der Waals surface area contributed by atoms with Crippen LogP contribution in [-0.4, -0.2) is 76.5 Å². The Kier molecular flexibility index (Phi) is 13.9. The number of carbonyl (C=O) groups is 5. The number of aliphatic imine (C=N–C) groups is 1. The van der Waals surface area contributed by atoms with E-state index in [1.807, 2.05) is 0 Å². The van der Waals surface area contributed by atoms with Gasteiger partial charge in [-0.2, -0.15) is 0 Å². The van der Waals surface area contributed by atoms with Crippen LogP contribution >= 0.6 is 0 Å². The minimum absolute atomic E-state index is 0.0962. The van der Waals surface area contributed by atoms with E-state index in [0.29, 0.717) is 12.8 Å². The molecule has 11 N–H and O–H groups in total. The summed E-state index contributed by atoms with van der Waals surface area (Å²) in [4.78, 5) is 64.1. The van der Waals surface area contributed by atoms with Gasteiger partial charge in [0.2, 0.25) is 17.7 Å². The fourth-order valence-electron chi connectivity index (χ4n) is 2.82. The molecule has 5 unspecified atom stereocenters. The molecule has 0 spiro atoms. The molecule has 3 amide bonds. The highest BCUT2D eigenvalue weighted by Crippen LogP contribution is 2.10. The van der Waals surface area contributed by atoms with Gasteiger partial charge in [-0.05, 0) is 32.1 Å². The molecule has 0 fully saturated rings. The van der Waals surface area contributed by atoms with Crippen LogP contribution in [0.15, 0.2) is 4.99 Å². The van der Waals surface area contributed by atoms with Crippen molar-refractivity contribution in [2.45, 2.75) is 77.0 Å². The van der Waals surface area contributed by atoms with Gasteiger partial charge < -0.3 is 43.4 Å². The molecule has 0 aliphatic carbocycles. The average molecular weight is 488 g/mol. The highest BCUT2D eigenvalue weighted by Gasteiger charge is 2.31. The third-order valence-corrected chi connectivity index (χ3v) is 5.05. The Balaban J connectivity index is 5.59. The van der Waals surface area contributed by atoms with Gasteiger partial charge in [0.05, 0.1) is 6.04 Å². The fraction of sp³-hybridized carbons (Fsp3) is 0.700. The van der Waals surface area contributed by atoms with Gasteiger partial charge in [0.1, 0.15) is 18.1 Å². The summed E-state index contributed by atoms with van der Waals surface area (Å²) in [5.41, 5.74) is 16.1. The Morgan fingerprint density at radius 2 is 1.41 bits per heavy atom. The van der Waals surface area contributed by atoms with E-state index in [1.165, 1.54) is 6.92 Å². The van der Waals surface area contributed by atoms with Crippen molar-refractivity contribution >= 4 is 35.6 Å².